The van der Waals surface area contributed by atoms with Crippen LogP contribution in [0.25, 0.3) is 0 Å². The molecule has 1 unspecified atom stereocenters. The molecule has 1 fully saturated rings. The highest BCUT2D eigenvalue weighted by Gasteiger charge is 2.36. The lowest BCUT2D eigenvalue weighted by molar-refractivity contribution is 0.0482. The number of hydrogen-bond acceptors (Lipinski definition) is 3. The summed E-state index contributed by atoms with van der Waals surface area (Å²) in [6.07, 6.45) is 3.31. The van der Waals surface area contributed by atoms with Crippen LogP contribution < -0.4 is 0 Å². The van der Waals surface area contributed by atoms with Crippen LogP contribution >= 0.6 is 0 Å². The third-order valence-electron chi connectivity index (χ3n) is 2.68. The van der Waals surface area contributed by atoms with Crippen molar-refractivity contribution < 1.29 is 9.50 Å². The van der Waals surface area contributed by atoms with Gasteiger partial charge in [-0.25, -0.2) is 4.39 Å². The number of likely N-dealkylation sites (N-methyl/N-ethyl adjacent to an activating group) is 1. The normalized spacial score (nSPS) is 28.2. The minimum absolute atomic E-state index is 0.398. The maximum atomic E-state index is 12.9. The summed E-state index contributed by atoms with van der Waals surface area (Å²) >= 11 is 0. The van der Waals surface area contributed by atoms with E-state index in [2.05, 4.69) is 4.98 Å². The summed E-state index contributed by atoms with van der Waals surface area (Å²) in [5.74, 6) is -0.398. The fourth-order valence-corrected chi connectivity index (χ4v) is 1.88. The van der Waals surface area contributed by atoms with Crippen molar-refractivity contribution in [1.82, 2.24) is 9.88 Å². The summed E-state index contributed by atoms with van der Waals surface area (Å²) in [4.78, 5) is 5.76. The Balaban J connectivity index is 2.30. The van der Waals surface area contributed by atoms with Crippen molar-refractivity contribution in [3.8, 4) is 0 Å². The van der Waals surface area contributed by atoms with Crippen LogP contribution in [-0.2, 0) is 5.60 Å². The first-order chi connectivity index (χ1) is 6.60. The largest absolute Gasteiger partial charge is 0.384 e. The standard InChI is InChI=1S/C10H13FN2O/c1-13-3-2-10(14,7-13)8-4-9(11)6-12-5-8/h4-6,14H,2-3,7H2,1H3. The van der Waals surface area contributed by atoms with E-state index in [9.17, 15) is 9.50 Å². The van der Waals surface area contributed by atoms with Crippen molar-refractivity contribution in [3.05, 3.63) is 29.8 Å². The quantitative estimate of drug-likeness (QED) is 0.719. The van der Waals surface area contributed by atoms with Crippen LogP contribution in [0.15, 0.2) is 18.5 Å². The molecule has 4 heteroatoms. The van der Waals surface area contributed by atoms with Crippen molar-refractivity contribution in [1.29, 1.82) is 0 Å². The molecule has 0 spiro atoms. The van der Waals surface area contributed by atoms with Gasteiger partial charge in [0.2, 0.25) is 0 Å². The van der Waals surface area contributed by atoms with Gasteiger partial charge in [0.15, 0.2) is 0 Å². The third kappa shape index (κ3) is 1.63. The second-order valence-electron chi connectivity index (χ2n) is 3.91. The molecule has 1 aromatic heterocycles. The van der Waals surface area contributed by atoms with Crippen LogP contribution in [0.3, 0.4) is 0 Å². The summed E-state index contributed by atoms with van der Waals surface area (Å²) in [6, 6.07) is 1.35. The molecule has 1 saturated heterocycles. The van der Waals surface area contributed by atoms with E-state index in [-0.39, 0.29) is 0 Å². The molecule has 76 valence electrons. The van der Waals surface area contributed by atoms with Gasteiger partial charge in [-0.05, 0) is 19.5 Å². The van der Waals surface area contributed by atoms with Crippen LogP contribution in [0.2, 0.25) is 0 Å². The maximum Gasteiger partial charge on any atom is 0.141 e. The summed E-state index contributed by atoms with van der Waals surface area (Å²) in [5, 5.41) is 10.2. The maximum absolute atomic E-state index is 12.9. The molecule has 0 bridgehead atoms. The topological polar surface area (TPSA) is 36.4 Å². The van der Waals surface area contributed by atoms with Gasteiger partial charge in [-0.15, -0.1) is 0 Å². The van der Waals surface area contributed by atoms with Crippen LogP contribution in [0.1, 0.15) is 12.0 Å². The molecule has 14 heavy (non-hydrogen) atoms. The average molecular weight is 196 g/mol. The molecule has 1 atom stereocenters. The van der Waals surface area contributed by atoms with E-state index in [1.54, 1.807) is 0 Å². The predicted molar refractivity (Wildman–Crippen MR) is 50.2 cm³/mol. The first-order valence-corrected chi connectivity index (χ1v) is 4.62. The number of nitrogens with zero attached hydrogens (tertiary/aromatic N) is 2. The van der Waals surface area contributed by atoms with Crippen molar-refractivity contribution in [3.63, 3.8) is 0 Å². The number of aromatic nitrogens is 1. The van der Waals surface area contributed by atoms with Gasteiger partial charge < -0.3 is 10.0 Å². The van der Waals surface area contributed by atoms with E-state index < -0.39 is 11.4 Å². The lowest BCUT2D eigenvalue weighted by Gasteiger charge is -2.22. The van der Waals surface area contributed by atoms with E-state index in [1.165, 1.54) is 12.3 Å². The zero-order chi connectivity index (χ0) is 10.2. The van der Waals surface area contributed by atoms with Gasteiger partial charge in [0.1, 0.15) is 11.4 Å². The van der Waals surface area contributed by atoms with Gasteiger partial charge in [-0.2, -0.15) is 0 Å². The van der Waals surface area contributed by atoms with E-state index in [4.69, 9.17) is 0 Å². The Hall–Kier alpha value is -1.00. The molecule has 0 saturated carbocycles. The zero-order valence-corrected chi connectivity index (χ0v) is 8.07. The van der Waals surface area contributed by atoms with Crippen LogP contribution in [0, 0.1) is 5.82 Å². The molecular formula is C10H13FN2O. The van der Waals surface area contributed by atoms with Crippen LogP contribution in [0.5, 0.6) is 0 Å². The average Bonchev–Trinajstić information content (AvgIpc) is 2.48. The molecule has 0 radical (unpaired) electrons. The van der Waals surface area contributed by atoms with Crippen molar-refractivity contribution in [2.75, 3.05) is 20.1 Å². The highest BCUT2D eigenvalue weighted by molar-refractivity contribution is 5.21. The molecule has 0 aromatic carbocycles. The highest BCUT2D eigenvalue weighted by atomic mass is 19.1. The van der Waals surface area contributed by atoms with E-state index in [1.807, 2.05) is 11.9 Å². The van der Waals surface area contributed by atoms with Crippen LogP contribution in [-0.4, -0.2) is 35.1 Å². The minimum atomic E-state index is -0.927. The predicted octanol–water partition coefficient (Wildman–Crippen LogP) is 0.744. The zero-order valence-electron chi connectivity index (χ0n) is 8.07. The van der Waals surface area contributed by atoms with E-state index in [0.29, 0.717) is 18.5 Å². The first kappa shape index (κ1) is 9.55. The summed E-state index contributed by atoms with van der Waals surface area (Å²) in [7, 11) is 1.94. The van der Waals surface area contributed by atoms with Gasteiger partial charge in [0, 0.05) is 24.8 Å². The minimum Gasteiger partial charge on any atom is -0.384 e. The van der Waals surface area contributed by atoms with Crippen LogP contribution in [0.4, 0.5) is 4.39 Å². The SMILES string of the molecule is CN1CCC(O)(c2cncc(F)c2)C1. The Morgan fingerprint density at radius 3 is 2.93 bits per heavy atom. The number of aliphatic hydroxyl groups is 1. The Bertz CT molecular complexity index is 345. The summed E-state index contributed by atoms with van der Waals surface area (Å²) in [5.41, 5.74) is -0.356. The number of likely N-dealkylation sites (tertiary alicyclic amines) is 1. The molecule has 0 aliphatic carbocycles. The van der Waals surface area contributed by atoms with Gasteiger partial charge in [0.25, 0.3) is 0 Å². The van der Waals surface area contributed by atoms with Gasteiger partial charge >= 0.3 is 0 Å². The fourth-order valence-electron chi connectivity index (χ4n) is 1.88. The molecule has 2 heterocycles. The molecule has 1 aromatic rings. The van der Waals surface area contributed by atoms with Gasteiger partial charge in [0.05, 0.1) is 6.20 Å². The second-order valence-corrected chi connectivity index (χ2v) is 3.91. The molecule has 1 N–H and O–H groups in total. The Morgan fingerprint density at radius 1 is 1.57 bits per heavy atom. The third-order valence-corrected chi connectivity index (χ3v) is 2.68. The number of hydrogen-bond donors (Lipinski definition) is 1. The number of pyridine rings is 1. The first-order valence-electron chi connectivity index (χ1n) is 4.62. The van der Waals surface area contributed by atoms with Crippen molar-refractivity contribution >= 4 is 0 Å². The summed E-state index contributed by atoms with van der Waals surface area (Å²) < 4.78 is 12.9. The van der Waals surface area contributed by atoms with E-state index >= 15 is 0 Å². The van der Waals surface area contributed by atoms with Crippen molar-refractivity contribution in [2.24, 2.45) is 0 Å². The van der Waals surface area contributed by atoms with E-state index in [0.717, 1.165) is 12.7 Å². The second kappa shape index (κ2) is 3.29. The molecular weight excluding hydrogens is 183 g/mol. The lowest BCUT2D eigenvalue weighted by atomic mass is 9.95. The number of β-amino-alcohol motifs (C(OH)–C–C–N with tert-alkyl or cyclic N) is 1. The molecule has 2 rings (SSSR count). The Morgan fingerprint density at radius 2 is 2.36 bits per heavy atom. The number of rotatable bonds is 1. The monoisotopic (exact) mass is 196 g/mol. The molecule has 1 aliphatic heterocycles. The smallest absolute Gasteiger partial charge is 0.141 e. The Labute approximate surface area is 82.2 Å². The highest BCUT2D eigenvalue weighted by Crippen LogP contribution is 2.30. The Kier molecular flexibility index (Phi) is 2.25. The summed E-state index contributed by atoms with van der Waals surface area (Å²) in [6.45, 7) is 1.37. The van der Waals surface area contributed by atoms with Gasteiger partial charge in [-0.3, -0.25) is 4.98 Å². The molecule has 0 amide bonds. The molecule has 1 aliphatic rings. The number of halogens is 1. The molecule has 3 nitrogen and oxygen atoms in total. The fraction of sp³-hybridized carbons (Fsp3) is 0.500. The van der Waals surface area contributed by atoms with Crippen molar-refractivity contribution in [2.45, 2.75) is 12.0 Å². The van der Waals surface area contributed by atoms with Gasteiger partial charge in [-0.1, -0.05) is 0 Å². The lowest BCUT2D eigenvalue weighted by Crippen LogP contribution is -2.29.